The topological polar surface area (TPSA) is 48.9 Å². The lowest BCUT2D eigenvalue weighted by Crippen LogP contribution is -2.48. The summed E-state index contributed by atoms with van der Waals surface area (Å²) in [6.07, 6.45) is 1.11. The summed E-state index contributed by atoms with van der Waals surface area (Å²) in [6, 6.07) is 4.64. The van der Waals surface area contributed by atoms with Gasteiger partial charge in [-0.25, -0.2) is 4.39 Å². The minimum absolute atomic E-state index is 0. The van der Waals surface area contributed by atoms with E-state index in [-0.39, 0.29) is 41.9 Å². The van der Waals surface area contributed by atoms with Crippen LogP contribution in [-0.2, 0) is 4.74 Å². The molecule has 0 aromatic heterocycles. The maximum absolute atomic E-state index is 14.5. The second-order valence-electron chi connectivity index (χ2n) is 6.21. The Balaban J connectivity index is 0.00000338. The van der Waals surface area contributed by atoms with Crippen molar-refractivity contribution in [3.8, 4) is 0 Å². The van der Waals surface area contributed by atoms with E-state index >= 15 is 0 Å². The largest absolute Gasteiger partial charge is 0.376 e. The van der Waals surface area contributed by atoms with Crippen LogP contribution in [-0.4, -0.2) is 56.8 Å². The van der Waals surface area contributed by atoms with Crippen molar-refractivity contribution in [1.82, 2.24) is 15.5 Å². The lowest BCUT2D eigenvalue weighted by atomic mass is 10.0. The smallest absolute Gasteiger partial charge is 0.191 e. The molecule has 0 saturated carbocycles. The predicted octanol–water partition coefficient (Wildman–Crippen LogP) is 3.43. The van der Waals surface area contributed by atoms with Crippen LogP contribution in [0, 0.1) is 5.82 Å². The molecule has 2 N–H and O–H groups in total. The summed E-state index contributed by atoms with van der Waals surface area (Å²) in [6.45, 7) is 7.57. The lowest BCUT2D eigenvalue weighted by Gasteiger charge is -2.38. The zero-order chi connectivity index (χ0) is 18.2. The normalized spacial score (nSPS) is 19.6. The first-order chi connectivity index (χ1) is 12.1. The molecule has 26 heavy (non-hydrogen) atoms. The zero-order valence-electron chi connectivity index (χ0n) is 15.6. The van der Waals surface area contributed by atoms with Crippen molar-refractivity contribution in [1.29, 1.82) is 0 Å². The number of benzene rings is 1. The summed E-state index contributed by atoms with van der Waals surface area (Å²) in [7, 11) is 1.73. The number of hydrogen-bond acceptors (Lipinski definition) is 3. The van der Waals surface area contributed by atoms with Gasteiger partial charge in [0, 0.05) is 43.8 Å². The highest BCUT2D eigenvalue weighted by Crippen LogP contribution is 2.31. The van der Waals surface area contributed by atoms with Gasteiger partial charge in [0.1, 0.15) is 5.82 Å². The summed E-state index contributed by atoms with van der Waals surface area (Å²) in [5.74, 6) is 0.426. The molecule has 2 unspecified atom stereocenters. The Morgan fingerprint density at radius 1 is 1.46 bits per heavy atom. The molecule has 148 valence electrons. The van der Waals surface area contributed by atoms with Crippen molar-refractivity contribution >= 4 is 41.5 Å². The van der Waals surface area contributed by atoms with Crippen LogP contribution in [0.25, 0.3) is 0 Å². The number of morpholine rings is 1. The molecule has 0 spiro atoms. The molecule has 8 heteroatoms. The van der Waals surface area contributed by atoms with Crippen molar-refractivity contribution in [2.75, 3.05) is 39.8 Å². The van der Waals surface area contributed by atoms with Crippen LogP contribution < -0.4 is 10.6 Å². The Bertz CT molecular complexity index is 570. The van der Waals surface area contributed by atoms with Gasteiger partial charge in [-0.2, -0.15) is 0 Å². The molecule has 0 aliphatic carbocycles. The Kier molecular flexibility index (Phi) is 10.7. The SMILES string of the molecule is CCCNC(=NC)NCC(c1c(F)cccc1Cl)N1CCOC(C)C1.I. The van der Waals surface area contributed by atoms with E-state index in [9.17, 15) is 4.39 Å². The molecular weight excluding hydrogens is 470 g/mol. The molecule has 0 amide bonds. The van der Waals surface area contributed by atoms with Crippen LogP contribution in [0.5, 0.6) is 0 Å². The van der Waals surface area contributed by atoms with Gasteiger partial charge in [-0.3, -0.25) is 9.89 Å². The fraction of sp³-hybridized carbons (Fsp3) is 0.611. The Hall–Kier alpha value is -0.640. The number of ether oxygens (including phenoxy) is 1. The van der Waals surface area contributed by atoms with Crippen LogP contribution in [0.1, 0.15) is 31.9 Å². The van der Waals surface area contributed by atoms with Crippen LogP contribution >= 0.6 is 35.6 Å². The minimum Gasteiger partial charge on any atom is -0.376 e. The fourth-order valence-corrected chi connectivity index (χ4v) is 3.32. The van der Waals surface area contributed by atoms with E-state index in [1.165, 1.54) is 6.07 Å². The van der Waals surface area contributed by atoms with Crippen LogP contribution in [0.4, 0.5) is 4.39 Å². The highest BCUT2D eigenvalue weighted by Gasteiger charge is 2.29. The molecule has 1 fully saturated rings. The molecular formula is C18H29ClFIN4O. The highest BCUT2D eigenvalue weighted by atomic mass is 127. The third kappa shape index (κ3) is 6.51. The second kappa shape index (κ2) is 11.9. The Labute approximate surface area is 177 Å². The molecule has 1 saturated heterocycles. The average Bonchev–Trinajstić information content (AvgIpc) is 2.59. The molecule has 1 aliphatic heterocycles. The van der Waals surface area contributed by atoms with Crippen LogP contribution in [0.15, 0.2) is 23.2 Å². The number of nitrogens with zero attached hydrogens (tertiary/aromatic N) is 2. The number of aliphatic imine (C=N–C) groups is 1. The van der Waals surface area contributed by atoms with Gasteiger partial charge in [0.15, 0.2) is 5.96 Å². The predicted molar refractivity (Wildman–Crippen MR) is 116 cm³/mol. The molecule has 0 bridgehead atoms. The summed E-state index contributed by atoms with van der Waals surface area (Å²) >= 11 is 6.34. The molecule has 5 nitrogen and oxygen atoms in total. The highest BCUT2D eigenvalue weighted by molar-refractivity contribution is 14.0. The summed E-state index contributed by atoms with van der Waals surface area (Å²) in [4.78, 5) is 6.44. The fourth-order valence-electron chi connectivity index (χ4n) is 3.03. The monoisotopic (exact) mass is 498 g/mol. The van der Waals surface area contributed by atoms with E-state index in [1.807, 2.05) is 6.92 Å². The second-order valence-corrected chi connectivity index (χ2v) is 6.61. The van der Waals surface area contributed by atoms with Gasteiger partial charge >= 0.3 is 0 Å². The zero-order valence-corrected chi connectivity index (χ0v) is 18.7. The van der Waals surface area contributed by atoms with E-state index in [4.69, 9.17) is 16.3 Å². The van der Waals surface area contributed by atoms with Crippen molar-refractivity contribution in [2.45, 2.75) is 32.4 Å². The van der Waals surface area contributed by atoms with Gasteiger partial charge in [-0.05, 0) is 25.5 Å². The summed E-state index contributed by atoms with van der Waals surface area (Å²) < 4.78 is 20.2. The van der Waals surface area contributed by atoms with Gasteiger partial charge in [-0.1, -0.05) is 24.6 Å². The first-order valence-electron chi connectivity index (χ1n) is 8.80. The maximum Gasteiger partial charge on any atom is 0.191 e. The van der Waals surface area contributed by atoms with Crippen LogP contribution in [0.3, 0.4) is 0 Å². The van der Waals surface area contributed by atoms with E-state index in [2.05, 4.69) is 27.4 Å². The first kappa shape index (κ1) is 23.4. The lowest BCUT2D eigenvalue weighted by molar-refractivity contribution is -0.0343. The molecule has 1 aliphatic rings. The number of nitrogens with one attached hydrogen (secondary N) is 2. The van der Waals surface area contributed by atoms with Gasteiger partial charge in [0.05, 0.1) is 18.8 Å². The maximum atomic E-state index is 14.5. The molecule has 1 aromatic carbocycles. The molecule has 2 atom stereocenters. The third-order valence-electron chi connectivity index (χ3n) is 4.28. The minimum atomic E-state index is -0.282. The standard InChI is InChI=1S/C18H28ClFN4O.HI/c1-4-8-22-18(21-3)23-11-16(24-9-10-25-13(2)12-24)17-14(19)6-5-7-15(17)20;/h5-7,13,16H,4,8-12H2,1-3H3,(H2,21,22,23);1H. The quantitative estimate of drug-likeness (QED) is 0.358. The van der Waals surface area contributed by atoms with E-state index < -0.39 is 0 Å². The van der Waals surface area contributed by atoms with Crippen molar-refractivity contribution in [3.05, 3.63) is 34.6 Å². The van der Waals surface area contributed by atoms with E-state index in [0.29, 0.717) is 29.7 Å². The van der Waals surface area contributed by atoms with Gasteiger partial charge in [0.2, 0.25) is 0 Å². The number of guanidine groups is 1. The third-order valence-corrected chi connectivity index (χ3v) is 4.60. The summed E-state index contributed by atoms with van der Waals surface area (Å²) in [5.41, 5.74) is 0.525. The van der Waals surface area contributed by atoms with Crippen LogP contribution in [0.2, 0.25) is 5.02 Å². The summed E-state index contributed by atoms with van der Waals surface area (Å²) in [5, 5.41) is 6.98. The van der Waals surface area contributed by atoms with Crippen molar-refractivity contribution < 1.29 is 9.13 Å². The van der Waals surface area contributed by atoms with Crippen molar-refractivity contribution in [3.63, 3.8) is 0 Å². The van der Waals surface area contributed by atoms with Gasteiger partial charge < -0.3 is 15.4 Å². The Morgan fingerprint density at radius 3 is 2.85 bits per heavy atom. The van der Waals surface area contributed by atoms with Crippen molar-refractivity contribution in [2.24, 2.45) is 4.99 Å². The van der Waals surface area contributed by atoms with Gasteiger partial charge in [-0.15, -0.1) is 24.0 Å². The van der Waals surface area contributed by atoms with E-state index in [1.54, 1.807) is 19.2 Å². The first-order valence-corrected chi connectivity index (χ1v) is 9.18. The Morgan fingerprint density at radius 2 is 2.23 bits per heavy atom. The molecule has 1 aromatic rings. The number of hydrogen-bond donors (Lipinski definition) is 2. The number of rotatable bonds is 6. The average molecular weight is 499 g/mol. The molecule has 0 radical (unpaired) electrons. The number of halogens is 3. The van der Waals surface area contributed by atoms with Gasteiger partial charge in [0.25, 0.3) is 0 Å². The molecule has 1 heterocycles. The molecule has 2 rings (SSSR count). The van der Waals surface area contributed by atoms with E-state index in [0.717, 1.165) is 26.1 Å².